The number of amides is 1. The minimum atomic E-state index is -0.479. The maximum Gasteiger partial charge on any atom is 0.252 e. The number of piperidine rings is 1. The Bertz CT molecular complexity index is 1140. The van der Waals surface area contributed by atoms with Crippen molar-refractivity contribution in [2.24, 2.45) is 5.73 Å². The number of hydrogen-bond acceptors (Lipinski definition) is 7. The lowest BCUT2D eigenvalue weighted by Crippen LogP contribution is -2.39. The summed E-state index contributed by atoms with van der Waals surface area (Å²) in [7, 11) is 0. The van der Waals surface area contributed by atoms with Crippen LogP contribution in [0.2, 0.25) is 0 Å². The number of carbonyl (C=O) groups is 1. The van der Waals surface area contributed by atoms with Crippen molar-refractivity contribution in [2.45, 2.75) is 25.4 Å². The van der Waals surface area contributed by atoms with E-state index in [1.807, 2.05) is 24.3 Å². The third kappa shape index (κ3) is 6.13. The number of morpholine rings is 1. The molecule has 3 aromatic rings. The largest absolute Gasteiger partial charge is 0.381 e. The Morgan fingerprint density at radius 2 is 1.72 bits per heavy atom. The van der Waals surface area contributed by atoms with E-state index in [-0.39, 0.29) is 6.04 Å². The molecule has 0 radical (unpaired) electrons. The predicted octanol–water partition coefficient (Wildman–Crippen LogP) is 3.84. The number of benzene rings is 2. The van der Waals surface area contributed by atoms with E-state index in [0.717, 1.165) is 70.2 Å². The molecule has 36 heavy (non-hydrogen) atoms. The van der Waals surface area contributed by atoms with Crippen LogP contribution in [0.3, 0.4) is 0 Å². The van der Waals surface area contributed by atoms with Gasteiger partial charge >= 0.3 is 0 Å². The van der Waals surface area contributed by atoms with E-state index in [1.54, 1.807) is 6.20 Å². The molecular formula is C28H34N6O2. The minimum Gasteiger partial charge on any atom is -0.381 e. The first kappa shape index (κ1) is 24.1. The zero-order valence-corrected chi connectivity index (χ0v) is 20.5. The molecule has 3 heterocycles. The first-order valence-electron chi connectivity index (χ1n) is 12.7. The summed E-state index contributed by atoms with van der Waals surface area (Å²) < 4.78 is 5.44. The van der Waals surface area contributed by atoms with Crippen molar-refractivity contribution < 1.29 is 9.53 Å². The van der Waals surface area contributed by atoms with Crippen molar-refractivity contribution in [1.29, 1.82) is 0 Å². The summed E-state index contributed by atoms with van der Waals surface area (Å²) in [6.07, 6.45) is 3.55. The maximum absolute atomic E-state index is 12.1. The number of hydrogen-bond donors (Lipinski definition) is 3. The van der Waals surface area contributed by atoms with Crippen LogP contribution >= 0.6 is 0 Å². The summed E-state index contributed by atoms with van der Waals surface area (Å²) in [5.41, 5.74) is 10.3. The van der Waals surface area contributed by atoms with Gasteiger partial charge in [-0.05, 0) is 42.7 Å². The smallest absolute Gasteiger partial charge is 0.252 e. The zero-order valence-electron chi connectivity index (χ0n) is 20.5. The number of primary amides is 1. The van der Waals surface area contributed by atoms with Crippen LogP contribution in [0, 0.1) is 0 Å². The number of aromatic nitrogens is 1. The van der Waals surface area contributed by atoms with E-state index in [4.69, 9.17) is 10.5 Å². The summed E-state index contributed by atoms with van der Waals surface area (Å²) in [5.74, 6) is 0.191. The Labute approximate surface area is 212 Å². The number of ether oxygens (including phenoxy) is 1. The second-order valence-electron chi connectivity index (χ2n) is 9.43. The van der Waals surface area contributed by atoms with Crippen molar-refractivity contribution in [2.75, 3.05) is 54.9 Å². The number of carbonyl (C=O) groups excluding carboxylic acids is 1. The third-order valence-electron chi connectivity index (χ3n) is 6.88. The number of likely N-dealkylation sites (tertiary alicyclic amines) is 1. The lowest BCUT2D eigenvalue weighted by Gasteiger charge is -2.33. The predicted molar refractivity (Wildman–Crippen MR) is 144 cm³/mol. The van der Waals surface area contributed by atoms with Crippen LogP contribution in [0.15, 0.2) is 66.9 Å². The molecule has 4 N–H and O–H groups in total. The van der Waals surface area contributed by atoms with Crippen LogP contribution in [0.25, 0.3) is 0 Å². The van der Waals surface area contributed by atoms with E-state index >= 15 is 0 Å². The van der Waals surface area contributed by atoms with E-state index in [2.05, 4.69) is 61.8 Å². The van der Waals surface area contributed by atoms with Crippen LogP contribution in [-0.4, -0.2) is 61.2 Å². The second-order valence-corrected chi connectivity index (χ2v) is 9.43. The normalized spacial score (nSPS) is 17.1. The van der Waals surface area contributed by atoms with Gasteiger partial charge in [-0.15, -0.1) is 0 Å². The lowest BCUT2D eigenvalue weighted by atomic mass is 10.0. The fourth-order valence-electron chi connectivity index (χ4n) is 4.86. The fraction of sp³-hybridized carbons (Fsp3) is 0.357. The van der Waals surface area contributed by atoms with Crippen LogP contribution in [0.1, 0.15) is 28.8 Å². The van der Waals surface area contributed by atoms with Crippen molar-refractivity contribution >= 4 is 28.8 Å². The van der Waals surface area contributed by atoms with Gasteiger partial charge < -0.3 is 26.0 Å². The molecule has 5 rings (SSSR count). The third-order valence-corrected chi connectivity index (χ3v) is 6.88. The molecule has 8 heteroatoms. The van der Waals surface area contributed by atoms with Gasteiger partial charge in [-0.25, -0.2) is 4.98 Å². The first-order chi connectivity index (χ1) is 17.6. The Balaban J connectivity index is 1.21. The summed E-state index contributed by atoms with van der Waals surface area (Å²) >= 11 is 0. The van der Waals surface area contributed by atoms with E-state index in [9.17, 15) is 4.79 Å². The molecule has 1 amide bonds. The number of nitrogens with zero attached hydrogens (tertiary/aromatic N) is 3. The molecule has 2 aromatic carbocycles. The van der Waals surface area contributed by atoms with Gasteiger partial charge in [-0.2, -0.15) is 0 Å². The quantitative estimate of drug-likeness (QED) is 0.445. The van der Waals surface area contributed by atoms with Gasteiger partial charge in [-0.3, -0.25) is 9.69 Å². The molecule has 1 aromatic heterocycles. The topological polar surface area (TPSA) is 95.8 Å². The molecule has 0 saturated carbocycles. The van der Waals surface area contributed by atoms with Gasteiger partial charge in [0.1, 0.15) is 5.82 Å². The van der Waals surface area contributed by atoms with Crippen molar-refractivity contribution in [3.8, 4) is 0 Å². The summed E-state index contributed by atoms with van der Waals surface area (Å²) in [6.45, 7) is 6.31. The molecule has 2 fully saturated rings. The number of pyridine rings is 1. The van der Waals surface area contributed by atoms with Gasteiger partial charge in [0.25, 0.3) is 5.91 Å². The zero-order chi connectivity index (χ0) is 24.7. The van der Waals surface area contributed by atoms with Crippen LogP contribution in [0.5, 0.6) is 0 Å². The monoisotopic (exact) mass is 486 g/mol. The summed E-state index contributed by atoms with van der Waals surface area (Å²) in [4.78, 5) is 21.3. The van der Waals surface area contributed by atoms with Crippen LogP contribution in [-0.2, 0) is 11.3 Å². The van der Waals surface area contributed by atoms with Gasteiger partial charge in [0.15, 0.2) is 0 Å². The van der Waals surface area contributed by atoms with Gasteiger partial charge in [0.2, 0.25) is 0 Å². The molecular weight excluding hydrogens is 452 g/mol. The molecule has 0 unspecified atom stereocenters. The highest BCUT2D eigenvalue weighted by molar-refractivity contribution is 5.98. The highest BCUT2D eigenvalue weighted by atomic mass is 16.5. The molecule has 188 valence electrons. The number of nitrogens with two attached hydrogens (primary N) is 1. The van der Waals surface area contributed by atoms with Gasteiger partial charge in [0, 0.05) is 62.4 Å². The SMILES string of the molecule is NC(=O)c1cnc(Nc2ccc(N3CCOCC3)cc2)cc1NC1CCN(Cc2ccccc2)CC1. The van der Waals surface area contributed by atoms with Crippen LogP contribution in [0.4, 0.5) is 22.9 Å². The molecule has 0 aliphatic carbocycles. The molecule has 8 nitrogen and oxygen atoms in total. The van der Waals surface area contributed by atoms with Gasteiger partial charge in [0.05, 0.1) is 24.5 Å². The van der Waals surface area contributed by atoms with E-state index in [0.29, 0.717) is 11.4 Å². The van der Waals surface area contributed by atoms with E-state index in [1.165, 1.54) is 11.3 Å². The molecule has 0 atom stereocenters. The van der Waals surface area contributed by atoms with Gasteiger partial charge in [-0.1, -0.05) is 30.3 Å². The standard InChI is InChI=1S/C28H34N6O2/c29-28(35)25-19-30-27(32-22-6-8-24(9-7-22)34-14-16-36-17-15-34)18-26(25)31-23-10-12-33(13-11-23)20-21-4-2-1-3-5-21/h1-9,18-19,23H,10-17,20H2,(H2,29,35)(H2,30,31,32). The number of rotatable bonds is 8. The molecule has 0 bridgehead atoms. The molecule has 2 aliphatic heterocycles. The Morgan fingerprint density at radius 3 is 2.42 bits per heavy atom. The van der Waals surface area contributed by atoms with E-state index < -0.39 is 5.91 Å². The average molecular weight is 487 g/mol. The summed E-state index contributed by atoms with van der Waals surface area (Å²) in [5, 5.41) is 6.93. The summed E-state index contributed by atoms with van der Waals surface area (Å²) in [6, 6.07) is 21.0. The van der Waals surface area contributed by atoms with Crippen molar-refractivity contribution in [3.63, 3.8) is 0 Å². The molecule has 2 saturated heterocycles. The van der Waals surface area contributed by atoms with Crippen molar-refractivity contribution in [1.82, 2.24) is 9.88 Å². The second kappa shape index (κ2) is 11.4. The number of nitrogens with one attached hydrogen (secondary N) is 2. The van der Waals surface area contributed by atoms with Crippen molar-refractivity contribution in [3.05, 3.63) is 78.0 Å². The average Bonchev–Trinajstić information content (AvgIpc) is 2.91. The maximum atomic E-state index is 12.1. The molecule has 0 spiro atoms. The Morgan fingerprint density at radius 1 is 1.00 bits per heavy atom. The molecule has 2 aliphatic rings. The number of anilines is 4. The highest BCUT2D eigenvalue weighted by Crippen LogP contribution is 2.26. The first-order valence-corrected chi connectivity index (χ1v) is 12.7. The fourth-order valence-corrected chi connectivity index (χ4v) is 4.86. The minimum absolute atomic E-state index is 0.276. The highest BCUT2D eigenvalue weighted by Gasteiger charge is 2.21. The van der Waals surface area contributed by atoms with Crippen LogP contribution < -0.4 is 21.3 Å². The Hall–Kier alpha value is -3.62. The Kier molecular flexibility index (Phi) is 7.64. The lowest BCUT2D eigenvalue weighted by molar-refractivity contribution is 0.100.